The van der Waals surface area contributed by atoms with Crippen LogP contribution in [0.5, 0.6) is 5.75 Å². The van der Waals surface area contributed by atoms with Crippen LogP contribution in [0.4, 0.5) is 5.69 Å². The average Bonchev–Trinajstić information content (AvgIpc) is 2.54. The molecule has 2 aromatic rings. The number of aryl methyl sites for hydroxylation is 3. The largest absolute Gasteiger partial charge is 0.480 e. The fourth-order valence-corrected chi connectivity index (χ4v) is 2.45. The molecule has 0 heterocycles. The summed E-state index contributed by atoms with van der Waals surface area (Å²) in [7, 11) is 0. The number of carbonyl (C=O) groups is 1. The van der Waals surface area contributed by atoms with Gasteiger partial charge in [-0.05, 0) is 56.0 Å². The molecule has 0 fully saturated rings. The molecule has 0 saturated heterocycles. The first-order chi connectivity index (χ1) is 11.0. The number of amides is 1. The minimum atomic E-state index is -0.498. The molecule has 23 heavy (non-hydrogen) atoms. The number of anilines is 1. The summed E-state index contributed by atoms with van der Waals surface area (Å²) < 4.78 is 5.92. The van der Waals surface area contributed by atoms with E-state index in [-0.39, 0.29) is 5.91 Å². The summed E-state index contributed by atoms with van der Waals surface area (Å²) in [5.41, 5.74) is 4.28. The molecule has 0 aromatic heterocycles. The van der Waals surface area contributed by atoms with Crippen LogP contribution in [-0.4, -0.2) is 12.0 Å². The summed E-state index contributed by atoms with van der Waals surface area (Å²) in [5, 5.41) is 2.93. The van der Waals surface area contributed by atoms with Gasteiger partial charge in [-0.15, -0.1) is 0 Å². The van der Waals surface area contributed by atoms with Gasteiger partial charge in [-0.25, -0.2) is 0 Å². The monoisotopic (exact) mass is 311 g/mol. The molecule has 0 spiro atoms. The highest BCUT2D eigenvalue weighted by atomic mass is 16.5. The molecule has 0 saturated carbocycles. The first-order valence-electron chi connectivity index (χ1n) is 8.17. The molecule has 1 amide bonds. The standard InChI is InChI=1S/C20H25NO2/c1-5-16-8-10-17(11-9-16)21-20(22)18(6-2)23-19-12-7-14(3)13-15(19)4/h7-13,18H,5-6H2,1-4H3,(H,21,22)/t18-/m1/s1. The lowest BCUT2D eigenvalue weighted by atomic mass is 10.1. The van der Waals surface area contributed by atoms with E-state index in [0.29, 0.717) is 6.42 Å². The van der Waals surface area contributed by atoms with Gasteiger partial charge in [0, 0.05) is 5.69 Å². The zero-order valence-electron chi connectivity index (χ0n) is 14.3. The lowest BCUT2D eigenvalue weighted by Gasteiger charge is -2.19. The Morgan fingerprint density at radius 3 is 2.35 bits per heavy atom. The molecule has 0 aliphatic rings. The maximum Gasteiger partial charge on any atom is 0.265 e. The van der Waals surface area contributed by atoms with E-state index in [2.05, 4.69) is 18.3 Å². The van der Waals surface area contributed by atoms with Crippen LogP contribution in [0.3, 0.4) is 0 Å². The SMILES string of the molecule is CCc1ccc(NC(=O)[C@@H](CC)Oc2ccc(C)cc2C)cc1. The van der Waals surface area contributed by atoms with Crippen LogP contribution >= 0.6 is 0 Å². The minimum absolute atomic E-state index is 0.114. The number of nitrogens with one attached hydrogen (secondary N) is 1. The van der Waals surface area contributed by atoms with Crippen LogP contribution in [0.25, 0.3) is 0 Å². The summed E-state index contributed by atoms with van der Waals surface area (Å²) >= 11 is 0. The van der Waals surface area contributed by atoms with Crippen molar-refractivity contribution in [3.05, 3.63) is 59.2 Å². The maximum absolute atomic E-state index is 12.4. The second-order valence-corrected chi connectivity index (χ2v) is 5.82. The van der Waals surface area contributed by atoms with Crippen LogP contribution in [0.2, 0.25) is 0 Å². The van der Waals surface area contributed by atoms with E-state index < -0.39 is 6.10 Å². The average molecular weight is 311 g/mol. The van der Waals surface area contributed by atoms with Crippen molar-refractivity contribution in [2.24, 2.45) is 0 Å². The van der Waals surface area contributed by atoms with E-state index in [1.807, 2.05) is 57.2 Å². The summed E-state index contributed by atoms with van der Waals surface area (Å²) in [6, 6.07) is 13.9. The maximum atomic E-state index is 12.4. The van der Waals surface area contributed by atoms with Crippen molar-refractivity contribution < 1.29 is 9.53 Å². The molecule has 1 N–H and O–H groups in total. The zero-order valence-corrected chi connectivity index (χ0v) is 14.3. The van der Waals surface area contributed by atoms with Crippen LogP contribution in [0, 0.1) is 13.8 Å². The molecule has 0 radical (unpaired) electrons. The highest BCUT2D eigenvalue weighted by molar-refractivity contribution is 5.94. The van der Waals surface area contributed by atoms with Gasteiger partial charge in [-0.3, -0.25) is 4.79 Å². The van der Waals surface area contributed by atoms with E-state index in [1.165, 1.54) is 11.1 Å². The first kappa shape index (κ1) is 17.1. The minimum Gasteiger partial charge on any atom is -0.480 e. The van der Waals surface area contributed by atoms with E-state index >= 15 is 0 Å². The van der Waals surface area contributed by atoms with Gasteiger partial charge < -0.3 is 10.1 Å². The van der Waals surface area contributed by atoms with Crippen molar-refractivity contribution in [3.8, 4) is 5.75 Å². The lowest BCUT2D eigenvalue weighted by molar-refractivity contribution is -0.122. The van der Waals surface area contributed by atoms with E-state index in [9.17, 15) is 4.79 Å². The van der Waals surface area contributed by atoms with Gasteiger partial charge in [0.1, 0.15) is 5.75 Å². The fourth-order valence-electron chi connectivity index (χ4n) is 2.45. The first-order valence-corrected chi connectivity index (χ1v) is 8.17. The Hall–Kier alpha value is -2.29. The molecule has 3 nitrogen and oxygen atoms in total. The third kappa shape index (κ3) is 4.59. The van der Waals surface area contributed by atoms with E-state index in [4.69, 9.17) is 4.74 Å². The van der Waals surface area contributed by atoms with Crippen LogP contribution in [0.1, 0.15) is 37.0 Å². The number of carbonyl (C=O) groups excluding carboxylic acids is 1. The Morgan fingerprint density at radius 1 is 1.09 bits per heavy atom. The number of ether oxygens (including phenoxy) is 1. The van der Waals surface area contributed by atoms with Crippen LogP contribution < -0.4 is 10.1 Å². The van der Waals surface area contributed by atoms with Gasteiger partial charge in [0.05, 0.1) is 0 Å². The lowest BCUT2D eigenvalue weighted by Crippen LogP contribution is -2.32. The second-order valence-electron chi connectivity index (χ2n) is 5.82. The molecule has 2 rings (SSSR count). The van der Waals surface area contributed by atoms with Crippen molar-refractivity contribution in [2.75, 3.05) is 5.32 Å². The zero-order chi connectivity index (χ0) is 16.8. The van der Waals surface area contributed by atoms with Crippen molar-refractivity contribution in [2.45, 2.75) is 46.6 Å². The van der Waals surface area contributed by atoms with Gasteiger partial charge in [-0.2, -0.15) is 0 Å². The normalized spacial score (nSPS) is 11.8. The Balaban J connectivity index is 2.05. The molecule has 0 aliphatic carbocycles. The Morgan fingerprint density at radius 2 is 1.78 bits per heavy atom. The number of hydrogen-bond donors (Lipinski definition) is 1. The molecule has 1 atom stereocenters. The smallest absolute Gasteiger partial charge is 0.265 e. The van der Waals surface area contributed by atoms with Gasteiger partial charge in [0.2, 0.25) is 0 Å². The van der Waals surface area contributed by atoms with Gasteiger partial charge in [-0.1, -0.05) is 43.7 Å². The highest BCUT2D eigenvalue weighted by Gasteiger charge is 2.19. The molecule has 3 heteroatoms. The predicted octanol–water partition coefficient (Wildman–Crippen LogP) is 4.66. The topological polar surface area (TPSA) is 38.3 Å². The van der Waals surface area contributed by atoms with Gasteiger partial charge in [0.25, 0.3) is 5.91 Å². The van der Waals surface area contributed by atoms with E-state index in [0.717, 1.165) is 23.4 Å². The summed E-state index contributed by atoms with van der Waals surface area (Å²) in [4.78, 5) is 12.4. The van der Waals surface area contributed by atoms with Crippen molar-refractivity contribution >= 4 is 11.6 Å². The Bertz CT molecular complexity index is 662. The second kappa shape index (κ2) is 7.82. The highest BCUT2D eigenvalue weighted by Crippen LogP contribution is 2.21. The third-order valence-corrected chi connectivity index (χ3v) is 3.89. The molecular weight excluding hydrogens is 286 g/mol. The number of rotatable bonds is 6. The Labute approximate surface area is 138 Å². The molecule has 0 bridgehead atoms. The van der Waals surface area contributed by atoms with Crippen LogP contribution in [0.15, 0.2) is 42.5 Å². The van der Waals surface area contributed by atoms with Gasteiger partial charge in [0.15, 0.2) is 6.10 Å². The van der Waals surface area contributed by atoms with Crippen LogP contribution in [-0.2, 0) is 11.2 Å². The third-order valence-electron chi connectivity index (χ3n) is 3.89. The Kier molecular flexibility index (Phi) is 5.80. The number of benzene rings is 2. The molecule has 0 unspecified atom stereocenters. The van der Waals surface area contributed by atoms with Crippen molar-refractivity contribution in [3.63, 3.8) is 0 Å². The molecule has 2 aromatic carbocycles. The summed E-state index contributed by atoms with van der Waals surface area (Å²) in [5.74, 6) is 0.649. The predicted molar refractivity (Wildman–Crippen MR) is 95.1 cm³/mol. The summed E-state index contributed by atoms with van der Waals surface area (Å²) in [6.45, 7) is 8.10. The van der Waals surface area contributed by atoms with Crippen molar-refractivity contribution in [1.29, 1.82) is 0 Å². The molecular formula is C20H25NO2. The molecule has 0 aliphatic heterocycles. The summed E-state index contributed by atoms with van der Waals surface area (Å²) in [6.07, 6.45) is 1.11. The fraction of sp³-hybridized carbons (Fsp3) is 0.350. The van der Waals surface area contributed by atoms with Gasteiger partial charge >= 0.3 is 0 Å². The van der Waals surface area contributed by atoms with Crippen molar-refractivity contribution in [1.82, 2.24) is 0 Å². The quantitative estimate of drug-likeness (QED) is 0.842. The number of hydrogen-bond acceptors (Lipinski definition) is 2. The van der Waals surface area contributed by atoms with E-state index in [1.54, 1.807) is 0 Å². The molecule has 122 valence electrons.